The highest BCUT2D eigenvalue weighted by Gasteiger charge is 2.03. The molecule has 0 unspecified atom stereocenters. The summed E-state index contributed by atoms with van der Waals surface area (Å²) in [4.78, 5) is 4.07. The van der Waals surface area contributed by atoms with Crippen molar-refractivity contribution >= 4 is 5.82 Å². The first-order valence-electron chi connectivity index (χ1n) is 5.64. The summed E-state index contributed by atoms with van der Waals surface area (Å²) in [7, 11) is 0. The van der Waals surface area contributed by atoms with Gasteiger partial charge in [-0.3, -0.25) is 0 Å². The fraction of sp³-hybridized carbons (Fsp3) is 0.214. The minimum atomic E-state index is 0.185. The number of ether oxygens (including phenoxy) is 1. The Hall–Kier alpha value is -2.03. The van der Waals surface area contributed by atoms with Crippen LogP contribution in [-0.4, -0.2) is 11.1 Å². The average Bonchev–Trinajstić information content (AvgIpc) is 2.30. The second-order valence-corrected chi connectivity index (χ2v) is 4.13. The molecule has 0 aliphatic carbocycles. The Bertz CT molecular complexity index is 492. The summed E-state index contributed by atoms with van der Waals surface area (Å²) in [5.41, 5.74) is 7.82. The Balaban J connectivity index is 2.27. The molecule has 1 aromatic carbocycles. The smallest absolute Gasteiger partial charge is 0.131 e. The van der Waals surface area contributed by atoms with Crippen LogP contribution in [0.15, 0.2) is 42.6 Å². The van der Waals surface area contributed by atoms with Crippen LogP contribution in [0.3, 0.4) is 0 Å². The molecule has 0 atom stereocenters. The number of hydrogen-bond acceptors (Lipinski definition) is 3. The monoisotopic (exact) mass is 228 g/mol. The van der Waals surface area contributed by atoms with E-state index < -0.39 is 0 Å². The number of benzene rings is 1. The van der Waals surface area contributed by atoms with Gasteiger partial charge in [0.25, 0.3) is 0 Å². The van der Waals surface area contributed by atoms with Crippen LogP contribution < -0.4 is 10.5 Å². The molecule has 0 saturated carbocycles. The zero-order chi connectivity index (χ0) is 12.3. The fourth-order valence-corrected chi connectivity index (χ4v) is 1.65. The average molecular weight is 228 g/mol. The molecule has 88 valence electrons. The number of aromatic nitrogens is 1. The number of anilines is 1. The van der Waals surface area contributed by atoms with Crippen molar-refractivity contribution in [2.45, 2.75) is 20.0 Å². The van der Waals surface area contributed by atoms with Crippen molar-refractivity contribution in [2.75, 3.05) is 5.73 Å². The number of hydrogen-bond donors (Lipinski definition) is 1. The van der Waals surface area contributed by atoms with Gasteiger partial charge in [0.2, 0.25) is 0 Å². The number of rotatable bonds is 3. The minimum absolute atomic E-state index is 0.185. The molecule has 0 bridgehead atoms. The van der Waals surface area contributed by atoms with Gasteiger partial charge in [-0.1, -0.05) is 12.1 Å². The Morgan fingerprint density at radius 1 is 1.12 bits per heavy atom. The van der Waals surface area contributed by atoms with E-state index in [1.165, 1.54) is 0 Å². The molecule has 0 amide bonds. The SMILES string of the molecule is CC(C)Oc1ccc(-c2cccnc2N)cc1. The van der Waals surface area contributed by atoms with Gasteiger partial charge in [-0.2, -0.15) is 0 Å². The van der Waals surface area contributed by atoms with Crippen LogP contribution in [0.5, 0.6) is 5.75 Å². The van der Waals surface area contributed by atoms with E-state index in [1.807, 2.05) is 50.2 Å². The van der Waals surface area contributed by atoms with Crippen LogP contribution >= 0.6 is 0 Å². The normalized spacial score (nSPS) is 10.5. The molecule has 0 spiro atoms. The van der Waals surface area contributed by atoms with Gasteiger partial charge in [-0.25, -0.2) is 4.98 Å². The van der Waals surface area contributed by atoms with E-state index in [4.69, 9.17) is 10.5 Å². The van der Waals surface area contributed by atoms with Crippen molar-refractivity contribution in [3.63, 3.8) is 0 Å². The van der Waals surface area contributed by atoms with Gasteiger partial charge < -0.3 is 10.5 Å². The van der Waals surface area contributed by atoms with Crippen LogP contribution in [0.4, 0.5) is 5.82 Å². The Morgan fingerprint density at radius 3 is 2.41 bits per heavy atom. The number of nitrogen functional groups attached to an aromatic ring is 1. The van der Waals surface area contributed by atoms with Gasteiger partial charge in [0.1, 0.15) is 11.6 Å². The predicted molar refractivity (Wildman–Crippen MR) is 69.8 cm³/mol. The van der Waals surface area contributed by atoms with E-state index in [0.29, 0.717) is 5.82 Å². The molecule has 2 aromatic rings. The van der Waals surface area contributed by atoms with E-state index in [1.54, 1.807) is 6.20 Å². The predicted octanol–water partition coefficient (Wildman–Crippen LogP) is 3.12. The molecule has 0 fully saturated rings. The lowest BCUT2D eigenvalue weighted by Gasteiger charge is -2.10. The molecule has 0 aliphatic rings. The number of nitrogens with two attached hydrogens (primary N) is 1. The zero-order valence-electron chi connectivity index (χ0n) is 10.1. The molecule has 0 aliphatic heterocycles. The molecule has 1 heterocycles. The van der Waals surface area contributed by atoms with Crippen molar-refractivity contribution in [3.8, 4) is 16.9 Å². The standard InChI is InChI=1S/C14H16N2O/c1-10(2)17-12-7-5-11(6-8-12)13-4-3-9-16-14(13)15/h3-10H,1-2H3,(H2,15,16). The number of nitrogens with zero attached hydrogens (tertiary/aromatic N) is 1. The summed E-state index contributed by atoms with van der Waals surface area (Å²) in [6.07, 6.45) is 1.87. The Morgan fingerprint density at radius 2 is 1.82 bits per heavy atom. The van der Waals surface area contributed by atoms with Gasteiger partial charge in [-0.15, -0.1) is 0 Å². The third kappa shape index (κ3) is 2.75. The second-order valence-electron chi connectivity index (χ2n) is 4.13. The van der Waals surface area contributed by atoms with Crippen LogP contribution in [0.1, 0.15) is 13.8 Å². The summed E-state index contributed by atoms with van der Waals surface area (Å²) >= 11 is 0. The van der Waals surface area contributed by atoms with Gasteiger partial charge in [0.15, 0.2) is 0 Å². The lowest BCUT2D eigenvalue weighted by Crippen LogP contribution is -2.05. The van der Waals surface area contributed by atoms with Crippen molar-refractivity contribution in [1.29, 1.82) is 0 Å². The Labute approximate surface area is 101 Å². The minimum Gasteiger partial charge on any atom is -0.491 e. The first kappa shape index (κ1) is 11.5. The van der Waals surface area contributed by atoms with Crippen molar-refractivity contribution in [2.24, 2.45) is 0 Å². The van der Waals surface area contributed by atoms with Crippen molar-refractivity contribution in [1.82, 2.24) is 4.98 Å². The highest BCUT2D eigenvalue weighted by molar-refractivity contribution is 5.73. The van der Waals surface area contributed by atoms with E-state index in [9.17, 15) is 0 Å². The van der Waals surface area contributed by atoms with Crippen LogP contribution in [-0.2, 0) is 0 Å². The molecule has 3 nitrogen and oxygen atoms in total. The quantitative estimate of drug-likeness (QED) is 0.878. The van der Waals surface area contributed by atoms with Crippen LogP contribution in [0, 0.1) is 0 Å². The molecule has 2 rings (SSSR count). The summed E-state index contributed by atoms with van der Waals surface area (Å²) in [5, 5.41) is 0. The topological polar surface area (TPSA) is 48.1 Å². The highest BCUT2D eigenvalue weighted by atomic mass is 16.5. The van der Waals surface area contributed by atoms with E-state index in [2.05, 4.69) is 4.98 Å². The lowest BCUT2D eigenvalue weighted by molar-refractivity contribution is 0.242. The van der Waals surface area contributed by atoms with E-state index in [0.717, 1.165) is 16.9 Å². The van der Waals surface area contributed by atoms with Crippen LogP contribution in [0.25, 0.3) is 11.1 Å². The maximum Gasteiger partial charge on any atom is 0.131 e. The molecule has 3 heteroatoms. The molecule has 17 heavy (non-hydrogen) atoms. The van der Waals surface area contributed by atoms with Gasteiger partial charge in [0.05, 0.1) is 6.10 Å². The second kappa shape index (κ2) is 4.87. The van der Waals surface area contributed by atoms with Crippen LogP contribution in [0.2, 0.25) is 0 Å². The third-order valence-electron chi connectivity index (χ3n) is 2.38. The summed E-state index contributed by atoms with van der Waals surface area (Å²) in [6.45, 7) is 4.01. The third-order valence-corrected chi connectivity index (χ3v) is 2.38. The van der Waals surface area contributed by atoms with E-state index in [-0.39, 0.29) is 6.10 Å². The zero-order valence-corrected chi connectivity index (χ0v) is 10.1. The summed E-state index contributed by atoms with van der Waals surface area (Å²) in [6, 6.07) is 11.7. The van der Waals surface area contributed by atoms with E-state index >= 15 is 0 Å². The maximum absolute atomic E-state index is 5.83. The lowest BCUT2D eigenvalue weighted by atomic mass is 10.1. The number of pyridine rings is 1. The van der Waals surface area contributed by atoms with Gasteiger partial charge in [0, 0.05) is 11.8 Å². The molecule has 1 aromatic heterocycles. The first-order chi connectivity index (χ1) is 8.16. The fourth-order valence-electron chi connectivity index (χ4n) is 1.65. The molecular weight excluding hydrogens is 212 g/mol. The van der Waals surface area contributed by atoms with Gasteiger partial charge >= 0.3 is 0 Å². The van der Waals surface area contributed by atoms with Gasteiger partial charge in [-0.05, 0) is 43.7 Å². The first-order valence-corrected chi connectivity index (χ1v) is 5.64. The van der Waals surface area contributed by atoms with Crippen molar-refractivity contribution in [3.05, 3.63) is 42.6 Å². The maximum atomic E-state index is 5.83. The highest BCUT2D eigenvalue weighted by Crippen LogP contribution is 2.25. The molecular formula is C14H16N2O. The Kier molecular flexibility index (Phi) is 3.28. The molecule has 0 saturated heterocycles. The summed E-state index contributed by atoms with van der Waals surface area (Å²) < 4.78 is 5.59. The molecule has 2 N–H and O–H groups in total. The molecule has 0 radical (unpaired) electrons. The largest absolute Gasteiger partial charge is 0.491 e. The van der Waals surface area contributed by atoms with Crippen molar-refractivity contribution < 1.29 is 4.74 Å². The summed E-state index contributed by atoms with van der Waals surface area (Å²) in [5.74, 6) is 1.41.